The highest BCUT2D eigenvalue weighted by atomic mass is 35.5. The molecular weight excluding hydrogens is 450 g/mol. The van der Waals surface area contributed by atoms with E-state index in [0.29, 0.717) is 26.9 Å². The highest BCUT2D eigenvalue weighted by Gasteiger charge is 2.27. The zero-order valence-electron chi connectivity index (χ0n) is 17.2. The fourth-order valence-electron chi connectivity index (χ4n) is 3.34. The Kier molecular flexibility index (Phi) is 6.74. The molecule has 0 radical (unpaired) electrons. The second kappa shape index (κ2) is 9.51. The number of nitrogens with one attached hydrogen (secondary N) is 1. The van der Waals surface area contributed by atoms with Crippen molar-refractivity contribution in [2.24, 2.45) is 0 Å². The van der Waals surface area contributed by atoms with Gasteiger partial charge in [-0.05, 0) is 30.7 Å². The maximum absolute atomic E-state index is 13.3. The third-order valence-corrected chi connectivity index (χ3v) is 7.46. The number of rotatable bonds is 6. The van der Waals surface area contributed by atoms with Gasteiger partial charge in [0, 0.05) is 23.2 Å². The van der Waals surface area contributed by atoms with Crippen molar-refractivity contribution < 1.29 is 4.79 Å². The number of thioether (sulfide) groups is 2. The molecule has 1 aliphatic heterocycles. The minimum atomic E-state index is -0.141. The summed E-state index contributed by atoms with van der Waals surface area (Å²) in [6.07, 6.45) is 0.760. The highest BCUT2D eigenvalue weighted by molar-refractivity contribution is 8.00. The van der Waals surface area contributed by atoms with E-state index in [9.17, 15) is 9.59 Å². The molecule has 1 amide bonds. The van der Waals surface area contributed by atoms with Crippen LogP contribution in [0.4, 0.5) is 0 Å². The molecule has 1 aromatic heterocycles. The van der Waals surface area contributed by atoms with Crippen molar-refractivity contribution in [3.63, 3.8) is 0 Å². The molecule has 0 bridgehead atoms. The molecule has 4 rings (SSSR count). The van der Waals surface area contributed by atoms with Crippen LogP contribution >= 0.6 is 35.1 Å². The molecule has 3 aromatic rings. The summed E-state index contributed by atoms with van der Waals surface area (Å²) in [4.78, 5) is 31.2. The van der Waals surface area contributed by atoms with Crippen molar-refractivity contribution in [1.29, 1.82) is 0 Å². The van der Waals surface area contributed by atoms with E-state index in [-0.39, 0.29) is 17.2 Å². The molecule has 2 aromatic carbocycles. The van der Waals surface area contributed by atoms with Crippen LogP contribution in [0.5, 0.6) is 0 Å². The Balaban J connectivity index is 1.56. The summed E-state index contributed by atoms with van der Waals surface area (Å²) in [5.41, 5.74) is 3.49. The fourth-order valence-corrected chi connectivity index (χ4v) is 5.49. The maximum atomic E-state index is 13.3. The topological polar surface area (TPSA) is 64.0 Å². The number of fused-ring (bicyclic) bond motifs is 1. The molecule has 0 aliphatic carbocycles. The van der Waals surface area contributed by atoms with E-state index < -0.39 is 0 Å². The lowest BCUT2D eigenvalue weighted by Gasteiger charge is -2.14. The van der Waals surface area contributed by atoms with Gasteiger partial charge in [-0.1, -0.05) is 66.2 Å². The number of hydrogen-bond acceptors (Lipinski definition) is 5. The third-order valence-electron chi connectivity index (χ3n) is 4.94. The minimum Gasteiger partial charge on any atom is -0.351 e. The number of benzene rings is 2. The van der Waals surface area contributed by atoms with Crippen LogP contribution in [0.15, 0.2) is 63.4 Å². The van der Waals surface area contributed by atoms with Crippen LogP contribution in [0.25, 0.3) is 5.69 Å². The van der Waals surface area contributed by atoms with E-state index in [4.69, 9.17) is 16.6 Å². The lowest BCUT2D eigenvalue weighted by atomic mass is 10.2. The molecule has 8 heteroatoms. The molecule has 0 fully saturated rings. The normalized spacial score (nSPS) is 15.0. The molecule has 31 heavy (non-hydrogen) atoms. The van der Waals surface area contributed by atoms with Crippen LogP contribution in [-0.4, -0.2) is 26.5 Å². The standard InChI is InChI=1S/C23H22ClN3O2S2/c1-14-7-9-17(10-8-14)27-22(29)21-19(11-15(2)31-21)26-23(27)30-13-20(28)25-12-16-5-3-4-6-18(16)24/h3-10,15H,11-13H2,1-2H3,(H,25,28). The highest BCUT2D eigenvalue weighted by Crippen LogP contribution is 2.34. The van der Waals surface area contributed by atoms with Gasteiger partial charge < -0.3 is 5.32 Å². The van der Waals surface area contributed by atoms with Crippen molar-refractivity contribution in [2.45, 2.75) is 42.1 Å². The SMILES string of the molecule is Cc1ccc(-n2c(SCC(=O)NCc3ccccc3Cl)nc3c(c2=O)SC(C)C3)cc1. The summed E-state index contributed by atoms with van der Waals surface area (Å²) in [6.45, 7) is 4.45. The molecule has 0 spiro atoms. The number of hydrogen-bond donors (Lipinski definition) is 1. The monoisotopic (exact) mass is 471 g/mol. The molecule has 1 unspecified atom stereocenters. The van der Waals surface area contributed by atoms with Crippen LogP contribution in [0.3, 0.4) is 0 Å². The Morgan fingerprint density at radius 3 is 2.74 bits per heavy atom. The van der Waals surface area contributed by atoms with E-state index in [1.807, 2.05) is 49.4 Å². The average molecular weight is 472 g/mol. The van der Waals surface area contributed by atoms with Crippen molar-refractivity contribution in [3.8, 4) is 5.69 Å². The fraction of sp³-hybridized carbons (Fsp3) is 0.261. The van der Waals surface area contributed by atoms with Gasteiger partial charge in [0.2, 0.25) is 5.91 Å². The van der Waals surface area contributed by atoms with E-state index in [2.05, 4.69) is 12.2 Å². The lowest BCUT2D eigenvalue weighted by molar-refractivity contribution is -0.118. The molecule has 5 nitrogen and oxygen atoms in total. The van der Waals surface area contributed by atoms with Crippen LogP contribution in [0.1, 0.15) is 23.7 Å². The van der Waals surface area contributed by atoms with Crippen LogP contribution in [0.2, 0.25) is 5.02 Å². The van der Waals surface area contributed by atoms with E-state index in [1.54, 1.807) is 22.4 Å². The van der Waals surface area contributed by atoms with E-state index in [0.717, 1.165) is 28.9 Å². The summed E-state index contributed by atoms with van der Waals surface area (Å²) in [5.74, 6) is 0.0161. The smallest absolute Gasteiger partial charge is 0.272 e. The largest absolute Gasteiger partial charge is 0.351 e. The molecular formula is C23H22ClN3O2S2. The van der Waals surface area contributed by atoms with Gasteiger partial charge in [-0.25, -0.2) is 4.98 Å². The quantitative estimate of drug-likeness (QED) is 0.419. The van der Waals surface area contributed by atoms with E-state index in [1.165, 1.54) is 11.8 Å². The molecule has 0 saturated carbocycles. The van der Waals surface area contributed by atoms with Gasteiger partial charge in [0.25, 0.3) is 5.56 Å². The number of halogens is 1. The summed E-state index contributed by atoms with van der Waals surface area (Å²) < 4.78 is 1.62. The van der Waals surface area contributed by atoms with Gasteiger partial charge in [0.1, 0.15) is 0 Å². The number of aryl methyl sites for hydroxylation is 1. The Hall–Kier alpha value is -2.22. The van der Waals surface area contributed by atoms with Gasteiger partial charge in [-0.3, -0.25) is 14.2 Å². The number of amides is 1. The van der Waals surface area contributed by atoms with Gasteiger partial charge >= 0.3 is 0 Å². The third kappa shape index (κ3) is 5.00. The molecule has 1 atom stereocenters. The number of nitrogens with zero attached hydrogens (tertiary/aromatic N) is 2. The average Bonchev–Trinajstić information content (AvgIpc) is 3.13. The number of aromatic nitrogens is 2. The van der Waals surface area contributed by atoms with Gasteiger partial charge in [-0.2, -0.15) is 0 Å². The Morgan fingerprint density at radius 2 is 2.00 bits per heavy atom. The molecule has 1 N–H and O–H groups in total. The molecule has 2 heterocycles. The Bertz CT molecular complexity index is 1180. The first-order valence-electron chi connectivity index (χ1n) is 9.95. The van der Waals surface area contributed by atoms with E-state index >= 15 is 0 Å². The number of carbonyl (C=O) groups excluding carboxylic acids is 1. The zero-order chi connectivity index (χ0) is 22.0. The van der Waals surface area contributed by atoms with Crippen molar-refractivity contribution in [3.05, 3.63) is 80.7 Å². The first-order chi connectivity index (χ1) is 14.9. The van der Waals surface area contributed by atoms with Crippen LogP contribution in [-0.2, 0) is 17.8 Å². The molecule has 1 aliphatic rings. The van der Waals surface area contributed by atoms with Crippen molar-refractivity contribution in [2.75, 3.05) is 5.75 Å². The van der Waals surface area contributed by atoms with Crippen molar-refractivity contribution >= 4 is 41.0 Å². The summed E-state index contributed by atoms with van der Waals surface area (Å²) >= 11 is 9.00. The van der Waals surface area contributed by atoms with Gasteiger partial charge in [-0.15, -0.1) is 11.8 Å². The second-order valence-corrected chi connectivity index (χ2v) is 10.2. The number of carbonyl (C=O) groups is 1. The molecule has 0 saturated heterocycles. The first kappa shape index (κ1) is 22.0. The zero-order valence-corrected chi connectivity index (χ0v) is 19.6. The first-order valence-corrected chi connectivity index (χ1v) is 12.2. The van der Waals surface area contributed by atoms with Gasteiger partial charge in [0.15, 0.2) is 5.16 Å². The van der Waals surface area contributed by atoms with Crippen LogP contribution in [0, 0.1) is 6.92 Å². The predicted molar refractivity (Wildman–Crippen MR) is 128 cm³/mol. The van der Waals surface area contributed by atoms with Gasteiger partial charge in [0.05, 0.1) is 22.0 Å². The predicted octanol–water partition coefficient (Wildman–Crippen LogP) is 4.64. The minimum absolute atomic E-state index is 0.0674. The Labute approximate surface area is 194 Å². The summed E-state index contributed by atoms with van der Waals surface area (Å²) in [7, 11) is 0. The molecule has 160 valence electrons. The van der Waals surface area contributed by atoms with Crippen LogP contribution < -0.4 is 10.9 Å². The summed E-state index contributed by atoms with van der Waals surface area (Å²) in [6, 6.07) is 15.2. The second-order valence-electron chi connectivity index (χ2n) is 7.44. The maximum Gasteiger partial charge on any atom is 0.272 e. The summed E-state index contributed by atoms with van der Waals surface area (Å²) in [5, 5.41) is 4.37. The Morgan fingerprint density at radius 1 is 1.26 bits per heavy atom. The van der Waals surface area contributed by atoms with Crippen molar-refractivity contribution in [1.82, 2.24) is 14.9 Å². The lowest BCUT2D eigenvalue weighted by Crippen LogP contribution is -2.27.